The maximum atomic E-state index is 12.3. The SMILES string of the molecule is CCc1ncoc1C(=O)NC1CCc2c1ccc(Cl)c2Cl. The third kappa shape index (κ3) is 2.54. The highest BCUT2D eigenvalue weighted by molar-refractivity contribution is 6.42. The van der Waals surface area contributed by atoms with Crippen LogP contribution in [0.1, 0.15) is 46.8 Å². The molecule has 1 aromatic heterocycles. The van der Waals surface area contributed by atoms with Gasteiger partial charge in [0.05, 0.1) is 21.8 Å². The van der Waals surface area contributed by atoms with Crippen molar-refractivity contribution >= 4 is 29.1 Å². The van der Waals surface area contributed by atoms with E-state index in [2.05, 4.69) is 10.3 Å². The summed E-state index contributed by atoms with van der Waals surface area (Å²) in [5.74, 6) is 0.0410. The van der Waals surface area contributed by atoms with Crippen molar-refractivity contribution in [1.82, 2.24) is 10.3 Å². The maximum Gasteiger partial charge on any atom is 0.289 e. The number of nitrogens with zero attached hydrogens (tertiary/aromatic N) is 1. The van der Waals surface area contributed by atoms with Crippen molar-refractivity contribution < 1.29 is 9.21 Å². The molecule has 21 heavy (non-hydrogen) atoms. The molecule has 0 fully saturated rings. The number of hydrogen-bond donors (Lipinski definition) is 1. The predicted octanol–water partition coefficient (Wildman–Crippen LogP) is 3.96. The van der Waals surface area contributed by atoms with Gasteiger partial charge < -0.3 is 9.73 Å². The topological polar surface area (TPSA) is 55.1 Å². The van der Waals surface area contributed by atoms with Crippen molar-refractivity contribution in [3.05, 3.63) is 51.2 Å². The number of aryl methyl sites for hydroxylation is 1. The Kier molecular flexibility index (Phi) is 3.91. The molecule has 1 unspecified atom stereocenters. The Balaban J connectivity index is 1.83. The van der Waals surface area contributed by atoms with Gasteiger partial charge in [-0.3, -0.25) is 4.79 Å². The molecule has 4 nitrogen and oxygen atoms in total. The van der Waals surface area contributed by atoms with Gasteiger partial charge >= 0.3 is 0 Å². The van der Waals surface area contributed by atoms with Crippen LogP contribution < -0.4 is 5.32 Å². The molecule has 3 rings (SSSR count). The lowest BCUT2D eigenvalue weighted by atomic mass is 10.1. The van der Waals surface area contributed by atoms with Gasteiger partial charge in [-0.2, -0.15) is 0 Å². The summed E-state index contributed by atoms with van der Waals surface area (Å²) < 4.78 is 5.19. The van der Waals surface area contributed by atoms with Crippen molar-refractivity contribution in [3.63, 3.8) is 0 Å². The highest BCUT2D eigenvalue weighted by Gasteiger charge is 2.28. The van der Waals surface area contributed by atoms with Gasteiger partial charge in [0.25, 0.3) is 5.91 Å². The lowest BCUT2D eigenvalue weighted by Gasteiger charge is -2.14. The van der Waals surface area contributed by atoms with Crippen molar-refractivity contribution in [2.45, 2.75) is 32.2 Å². The van der Waals surface area contributed by atoms with E-state index in [1.54, 1.807) is 6.07 Å². The first kappa shape index (κ1) is 14.4. The second-order valence-electron chi connectivity index (χ2n) is 4.98. The number of fused-ring (bicyclic) bond motifs is 1. The number of amides is 1. The first-order valence-electron chi connectivity index (χ1n) is 6.81. The van der Waals surface area contributed by atoms with Gasteiger partial charge in [-0.1, -0.05) is 36.2 Å². The van der Waals surface area contributed by atoms with Crippen molar-refractivity contribution in [3.8, 4) is 0 Å². The molecule has 0 aliphatic heterocycles. The lowest BCUT2D eigenvalue weighted by molar-refractivity contribution is 0.0907. The van der Waals surface area contributed by atoms with Crippen molar-refractivity contribution in [2.24, 2.45) is 0 Å². The van der Waals surface area contributed by atoms with Gasteiger partial charge in [0.15, 0.2) is 6.39 Å². The van der Waals surface area contributed by atoms with Crippen LogP contribution in [0, 0.1) is 0 Å². The molecular formula is C15H14Cl2N2O2. The first-order valence-corrected chi connectivity index (χ1v) is 7.57. The summed E-state index contributed by atoms with van der Waals surface area (Å²) in [6.07, 6.45) is 3.56. The van der Waals surface area contributed by atoms with E-state index in [4.69, 9.17) is 27.6 Å². The van der Waals surface area contributed by atoms with Crippen LogP contribution in [0.2, 0.25) is 10.0 Å². The fourth-order valence-corrected chi connectivity index (χ4v) is 3.16. The number of carbonyl (C=O) groups is 1. The minimum Gasteiger partial charge on any atom is -0.438 e. The summed E-state index contributed by atoms with van der Waals surface area (Å²) >= 11 is 12.2. The third-order valence-electron chi connectivity index (χ3n) is 3.78. The van der Waals surface area contributed by atoms with Crippen LogP contribution in [0.15, 0.2) is 22.9 Å². The maximum absolute atomic E-state index is 12.3. The summed E-state index contributed by atoms with van der Waals surface area (Å²) in [4.78, 5) is 16.3. The lowest BCUT2D eigenvalue weighted by Crippen LogP contribution is -2.27. The molecule has 1 aliphatic carbocycles. The zero-order valence-electron chi connectivity index (χ0n) is 11.5. The van der Waals surface area contributed by atoms with E-state index in [0.717, 1.165) is 24.0 Å². The number of carbonyl (C=O) groups excluding carboxylic acids is 1. The molecule has 0 radical (unpaired) electrons. The Morgan fingerprint density at radius 3 is 3.05 bits per heavy atom. The fourth-order valence-electron chi connectivity index (χ4n) is 2.71. The van der Waals surface area contributed by atoms with Crippen LogP contribution in [-0.4, -0.2) is 10.9 Å². The summed E-state index contributed by atoms with van der Waals surface area (Å²) in [5.41, 5.74) is 2.71. The van der Waals surface area contributed by atoms with E-state index in [1.807, 2.05) is 13.0 Å². The standard InChI is InChI=1S/C15H14Cl2N2O2/c1-2-11-14(21-7-18-11)15(20)19-12-6-4-9-8(12)3-5-10(16)13(9)17/h3,5,7,12H,2,4,6H2,1H3,(H,19,20). The number of hydrogen-bond acceptors (Lipinski definition) is 3. The Bertz CT molecular complexity index is 697. The molecule has 6 heteroatoms. The molecule has 0 saturated heterocycles. The van der Waals surface area contributed by atoms with Crippen LogP contribution in [-0.2, 0) is 12.8 Å². The summed E-state index contributed by atoms with van der Waals surface area (Å²) in [6, 6.07) is 3.61. The van der Waals surface area contributed by atoms with Gasteiger partial charge in [-0.25, -0.2) is 4.98 Å². The molecule has 0 bridgehead atoms. The van der Waals surface area contributed by atoms with E-state index in [1.165, 1.54) is 6.39 Å². The number of aromatic nitrogens is 1. The van der Waals surface area contributed by atoms with Crippen LogP contribution in [0.3, 0.4) is 0 Å². The number of benzene rings is 1. The Hall–Kier alpha value is -1.52. The van der Waals surface area contributed by atoms with Gasteiger partial charge in [-0.05, 0) is 36.5 Å². The molecule has 1 aliphatic rings. The van der Waals surface area contributed by atoms with E-state index in [9.17, 15) is 4.79 Å². The Morgan fingerprint density at radius 2 is 2.29 bits per heavy atom. The van der Waals surface area contributed by atoms with Gasteiger partial charge in [0.2, 0.25) is 5.76 Å². The monoisotopic (exact) mass is 324 g/mol. The summed E-state index contributed by atoms with van der Waals surface area (Å²) in [7, 11) is 0. The normalized spacial score (nSPS) is 16.8. The molecule has 1 atom stereocenters. The van der Waals surface area contributed by atoms with Crippen LogP contribution in [0.25, 0.3) is 0 Å². The molecule has 1 heterocycles. The second-order valence-corrected chi connectivity index (χ2v) is 5.76. The van der Waals surface area contributed by atoms with Crippen LogP contribution >= 0.6 is 23.2 Å². The van der Waals surface area contributed by atoms with E-state index >= 15 is 0 Å². The minimum absolute atomic E-state index is 0.0722. The number of halogens is 2. The zero-order chi connectivity index (χ0) is 15.0. The third-order valence-corrected chi connectivity index (χ3v) is 4.62. The highest BCUT2D eigenvalue weighted by Crippen LogP contribution is 2.39. The predicted molar refractivity (Wildman–Crippen MR) is 80.9 cm³/mol. The van der Waals surface area contributed by atoms with E-state index < -0.39 is 0 Å². The number of nitrogens with one attached hydrogen (secondary N) is 1. The Morgan fingerprint density at radius 1 is 1.48 bits per heavy atom. The molecule has 1 aromatic carbocycles. The molecule has 1 N–H and O–H groups in total. The average molecular weight is 325 g/mol. The highest BCUT2D eigenvalue weighted by atomic mass is 35.5. The van der Waals surface area contributed by atoms with Crippen molar-refractivity contribution in [1.29, 1.82) is 0 Å². The fraction of sp³-hybridized carbons (Fsp3) is 0.333. The average Bonchev–Trinajstić information content (AvgIpc) is 3.10. The molecule has 110 valence electrons. The van der Waals surface area contributed by atoms with E-state index in [-0.39, 0.29) is 17.7 Å². The van der Waals surface area contributed by atoms with E-state index in [0.29, 0.717) is 22.2 Å². The second kappa shape index (κ2) is 5.70. The minimum atomic E-state index is -0.242. The quantitative estimate of drug-likeness (QED) is 0.929. The van der Waals surface area contributed by atoms with Crippen molar-refractivity contribution in [2.75, 3.05) is 0 Å². The molecule has 0 saturated carbocycles. The zero-order valence-corrected chi connectivity index (χ0v) is 13.0. The van der Waals surface area contributed by atoms with Crippen LogP contribution in [0.4, 0.5) is 0 Å². The molecule has 1 amide bonds. The first-order chi connectivity index (χ1) is 10.1. The summed E-state index contributed by atoms with van der Waals surface area (Å²) in [5, 5.41) is 4.11. The molecule has 0 spiro atoms. The largest absolute Gasteiger partial charge is 0.438 e. The molecule has 2 aromatic rings. The number of rotatable bonds is 3. The Labute approximate surface area is 132 Å². The molecular weight excluding hydrogens is 311 g/mol. The summed E-state index contributed by atoms with van der Waals surface area (Å²) in [6.45, 7) is 1.93. The van der Waals surface area contributed by atoms with Gasteiger partial charge in [-0.15, -0.1) is 0 Å². The number of oxazole rings is 1. The van der Waals surface area contributed by atoms with Crippen LogP contribution in [0.5, 0.6) is 0 Å². The van der Waals surface area contributed by atoms with Gasteiger partial charge in [0.1, 0.15) is 0 Å². The van der Waals surface area contributed by atoms with Gasteiger partial charge in [0, 0.05) is 0 Å². The smallest absolute Gasteiger partial charge is 0.289 e.